The van der Waals surface area contributed by atoms with Gasteiger partial charge >= 0.3 is 0 Å². The van der Waals surface area contributed by atoms with E-state index < -0.39 is 9.84 Å². The van der Waals surface area contributed by atoms with Gasteiger partial charge in [-0.1, -0.05) is 36.4 Å². The van der Waals surface area contributed by atoms with Gasteiger partial charge in [0.05, 0.1) is 17.8 Å². The second-order valence-electron chi connectivity index (χ2n) is 9.99. The van der Waals surface area contributed by atoms with Crippen LogP contribution in [0.3, 0.4) is 0 Å². The normalized spacial score (nSPS) is 11.8. The van der Waals surface area contributed by atoms with Crippen molar-refractivity contribution in [2.75, 3.05) is 23.9 Å². The molecule has 7 nitrogen and oxygen atoms in total. The number of sulfone groups is 1. The molecule has 6 rings (SSSR count). The summed E-state index contributed by atoms with van der Waals surface area (Å²) < 4.78 is 30.9. The van der Waals surface area contributed by atoms with E-state index in [4.69, 9.17) is 4.42 Å². The molecule has 0 saturated heterocycles. The maximum absolute atomic E-state index is 11.3. The van der Waals surface area contributed by atoms with Crippen LogP contribution in [0.5, 0.6) is 0 Å². The highest BCUT2D eigenvalue weighted by Crippen LogP contribution is 2.31. The maximum Gasteiger partial charge on any atom is 0.148 e. The molecule has 0 saturated carbocycles. The summed E-state index contributed by atoms with van der Waals surface area (Å²) >= 11 is 0. The van der Waals surface area contributed by atoms with E-state index in [0.29, 0.717) is 13.1 Å². The third-order valence-electron chi connectivity index (χ3n) is 6.88. The molecule has 0 atom stereocenters. The zero-order valence-corrected chi connectivity index (χ0v) is 23.0. The number of aromatic nitrogens is 2. The maximum atomic E-state index is 11.3. The highest BCUT2D eigenvalue weighted by Gasteiger charge is 2.10. The predicted molar refractivity (Wildman–Crippen MR) is 162 cm³/mol. The highest BCUT2D eigenvalue weighted by atomic mass is 32.2. The average Bonchev–Trinajstić information content (AvgIpc) is 3.58. The lowest BCUT2D eigenvalue weighted by Crippen LogP contribution is -2.21. The largest absolute Gasteiger partial charge is 0.460 e. The molecule has 40 heavy (non-hydrogen) atoms. The topological polar surface area (TPSA) is 89.2 Å². The standard InChI is InChI=1S/C32H30N4O3S/c1-40(37,38)18-16-33-21-27-9-12-32(39-27)25-7-10-28-29(13-15-34-30(28)20-25)35-26-8-11-31-24(19-26)14-17-36(31)22-23-5-3-2-4-6-23/h2-15,17,19-20,33H,16,18,21-22H2,1H3,(H,34,35). The molecule has 2 N–H and O–H groups in total. The number of anilines is 2. The number of fused-ring (bicyclic) bond motifs is 2. The van der Waals surface area contributed by atoms with E-state index in [0.717, 1.165) is 45.9 Å². The molecule has 0 amide bonds. The van der Waals surface area contributed by atoms with Crippen LogP contribution in [0.2, 0.25) is 0 Å². The summed E-state index contributed by atoms with van der Waals surface area (Å²) in [6.45, 7) is 1.69. The molecule has 0 spiro atoms. The van der Waals surface area contributed by atoms with Gasteiger partial charge in [0.2, 0.25) is 0 Å². The molecular formula is C32H30N4O3S. The number of furan rings is 1. The van der Waals surface area contributed by atoms with Gasteiger partial charge in [0.15, 0.2) is 0 Å². The number of hydrogen-bond donors (Lipinski definition) is 2. The Labute approximate surface area is 233 Å². The van der Waals surface area contributed by atoms with Crippen molar-refractivity contribution in [3.63, 3.8) is 0 Å². The summed E-state index contributed by atoms with van der Waals surface area (Å²) in [5.41, 5.74) is 6.26. The lowest BCUT2D eigenvalue weighted by Gasteiger charge is -2.11. The second kappa shape index (κ2) is 11.0. The van der Waals surface area contributed by atoms with E-state index in [2.05, 4.69) is 81.0 Å². The van der Waals surface area contributed by atoms with Crippen molar-refractivity contribution >= 4 is 43.0 Å². The Morgan fingerprint density at radius 2 is 1.80 bits per heavy atom. The van der Waals surface area contributed by atoms with Gasteiger partial charge in [-0.05, 0) is 60.2 Å². The molecule has 6 aromatic rings. The average molecular weight is 551 g/mol. The van der Waals surface area contributed by atoms with Crippen LogP contribution in [0.25, 0.3) is 33.1 Å². The van der Waals surface area contributed by atoms with Crippen molar-refractivity contribution in [1.82, 2.24) is 14.9 Å². The molecule has 3 aromatic carbocycles. The SMILES string of the molecule is CS(=O)(=O)CCNCc1ccc(-c2ccc3c(Nc4ccc5c(ccn5Cc5ccccc5)c4)ccnc3c2)o1. The first kappa shape index (κ1) is 25.9. The van der Waals surface area contributed by atoms with Crippen molar-refractivity contribution in [3.8, 4) is 11.3 Å². The van der Waals surface area contributed by atoms with E-state index in [1.54, 1.807) is 0 Å². The summed E-state index contributed by atoms with van der Waals surface area (Å²) in [5, 5.41) is 8.89. The molecule has 3 heterocycles. The fourth-order valence-corrected chi connectivity index (χ4v) is 5.37. The van der Waals surface area contributed by atoms with E-state index in [1.807, 2.05) is 42.6 Å². The quantitative estimate of drug-likeness (QED) is 0.193. The minimum atomic E-state index is -2.99. The Morgan fingerprint density at radius 1 is 0.925 bits per heavy atom. The first-order valence-corrected chi connectivity index (χ1v) is 15.2. The number of rotatable bonds is 10. The van der Waals surface area contributed by atoms with E-state index in [1.165, 1.54) is 22.7 Å². The van der Waals surface area contributed by atoms with Crippen LogP contribution in [0.15, 0.2) is 108 Å². The van der Waals surface area contributed by atoms with Gasteiger partial charge in [-0.15, -0.1) is 0 Å². The minimum Gasteiger partial charge on any atom is -0.460 e. The Morgan fingerprint density at radius 3 is 2.65 bits per heavy atom. The first-order valence-electron chi connectivity index (χ1n) is 13.2. The number of nitrogens with zero attached hydrogens (tertiary/aromatic N) is 2. The van der Waals surface area contributed by atoms with Crippen molar-refractivity contribution in [1.29, 1.82) is 0 Å². The van der Waals surface area contributed by atoms with Crippen LogP contribution in [0.1, 0.15) is 11.3 Å². The summed E-state index contributed by atoms with van der Waals surface area (Å²) in [4.78, 5) is 4.60. The van der Waals surface area contributed by atoms with Crippen molar-refractivity contribution in [3.05, 3.63) is 115 Å². The Hall–Kier alpha value is -4.40. The summed E-state index contributed by atoms with van der Waals surface area (Å²) in [6.07, 6.45) is 5.18. The van der Waals surface area contributed by atoms with Crippen LogP contribution < -0.4 is 10.6 Å². The van der Waals surface area contributed by atoms with Gasteiger partial charge < -0.3 is 19.6 Å². The molecule has 0 fully saturated rings. The van der Waals surface area contributed by atoms with E-state index in [-0.39, 0.29) is 5.75 Å². The Balaban J connectivity index is 1.17. The molecular weight excluding hydrogens is 520 g/mol. The zero-order chi connectivity index (χ0) is 27.5. The number of nitrogens with one attached hydrogen (secondary N) is 2. The van der Waals surface area contributed by atoms with Crippen molar-refractivity contribution < 1.29 is 12.8 Å². The molecule has 0 unspecified atom stereocenters. The number of hydrogen-bond acceptors (Lipinski definition) is 6. The minimum absolute atomic E-state index is 0.0993. The molecule has 0 aliphatic carbocycles. The van der Waals surface area contributed by atoms with Gasteiger partial charge in [0.1, 0.15) is 21.4 Å². The zero-order valence-electron chi connectivity index (χ0n) is 22.2. The van der Waals surface area contributed by atoms with Gasteiger partial charge in [-0.3, -0.25) is 4.98 Å². The van der Waals surface area contributed by atoms with Crippen LogP contribution >= 0.6 is 0 Å². The third kappa shape index (κ3) is 5.93. The summed E-state index contributed by atoms with van der Waals surface area (Å²) in [5.74, 6) is 1.59. The van der Waals surface area contributed by atoms with Crippen LogP contribution in [-0.2, 0) is 22.9 Å². The highest BCUT2D eigenvalue weighted by molar-refractivity contribution is 7.90. The fourth-order valence-electron chi connectivity index (χ4n) is 4.86. The van der Waals surface area contributed by atoms with Gasteiger partial charge in [0.25, 0.3) is 0 Å². The summed E-state index contributed by atoms with van der Waals surface area (Å²) in [6, 6.07) is 31.0. The Bertz CT molecular complexity index is 1890. The van der Waals surface area contributed by atoms with Gasteiger partial charge in [0, 0.05) is 65.0 Å². The number of pyridine rings is 1. The van der Waals surface area contributed by atoms with Gasteiger partial charge in [-0.2, -0.15) is 0 Å². The second-order valence-corrected chi connectivity index (χ2v) is 12.3. The lowest BCUT2D eigenvalue weighted by molar-refractivity contribution is 0.498. The predicted octanol–water partition coefficient (Wildman–Crippen LogP) is 6.38. The van der Waals surface area contributed by atoms with Crippen molar-refractivity contribution in [2.45, 2.75) is 13.1 Å². The third-order valence-corrected chi connectivity index (χ3v) is 7.83. The first-order chi connectivity index (χ1) is 19.4. The van der Waals surface area contributed by atoms with Crippen molar-refractivity contribution in [2.24, 2.45) is 0 Å². The molecule has 0 aliphatic heterocycles. The molecule has 0 radical (unpaired) electrons. The van der Waals surface area contributed by atoms with Gasteiger partial charge in [-0.25, -0.2) is 8.42 Å². The fraction of sp³-hybridized carbons (Fsp3) is 0.156. The lowest BCUT2D eigenvalue weighted by atomic mass is 10.1. The van der Waals surface area contributed by atoms with Crippen LogP contribution in [-0.4, -0.2) is 36.5 Å². The number of benzene rings is 3. The van der Waals surface area contributed by atoms with E-state index >= 15 is 0 Å². The summed E-state index contributed by atoms with van der Waals surface area (Å²) in [7, 11) is -2.99. The monoisotopic (exact) mass is 550 g/mol. The van der Waals surface area contributed by atoms with E-state index in [9.17, 15) is 8.42 Å². The molecule has 0 bridgehead atoms. The Kier molecular flexibility index (Phi) is 7.11. The smallest absolute Gasteiger partial charge is 0.148 e. The molecule has 0 aliphatic rings. The van der Waals surface area contributed by atoms with Crippen LogP contribution in [0.4, 0.5) is 11.4 Å². The molecule has 202 valence electrons. The van der Waals surface area contributed by atoms with Crippen LogP contribution in [0, 0.1) is 0 Å². The molecule has 3 aromatic heterocycles. The molecule has 8 heteroatoms.